The molecular weight excluding hydrogens is 480 g/mol. The van der Waals surface area contributed by atoms with E-state index in [4.69, 9.17) is 4.74 Å². The lowest BCUT2D eigenvalue weighted by molar-refractivity contribution is -0.673. The molecule has 0 aliphatic carbocycles. The minimum Gasteiger partial charge on any atom is -0.494 e. The molecule has 0 spiro atoms. The quantitative estimate of drug-likeness (QED) is 0.122. The zero-order chi connectivity index (χ0) is 27.7. The Balaban J connectivity index is 1.44. The Kier molecular flexibility index (Phi) is 13.6. The summed E-state index contributed by atoms with van der Waals surface area (Å²) in [4.78, 5) is 15.4. The number of anilines is 1. The Bertz CT molecular complexity index is 1110. The molecule has 4 heteroatoms. The largest absolute Gasteiger partial charge is 0.494 e. The minimum absolute atomic E-state index is 0.0176. The van der Waals surface area contributed by atoms with Gasteiger partial charge < -0.3 is 4.74 Å². The van der Waals surface area contributed by atoms with Crippen LogP contribution in [0.2, 0.25) is 0 Å². The molecule has 39 heavy (non-hydrogen) atoms. The van der Waals surface area contributed by atoms with Crippen molar-refractivity contribution in [1.82, 2.24) is 0 Å². The number of rotatable bonds is 18. The van der Waals surface area contributed by atoms with Crippen molar-refractivity contribution in [3.8, 4) is 5.75 Å². The highest BCUT2D eigenvalue weighted by atomic mass is 16.5. The lowest BCUT2D eigenvalue weighted by Crippen LogP contribution is -2.42. The summed E-state index contributed by atoms with van der Waals surface area (Å²) in [6, 6.07) is 21.9. The third-order valence-corrected chi connectivity index (χ3v) is 7.50. The van der Waals surface area contributed by atoms with Crippen LogP contribution in [0.5, 0.6) is 5.75 Å². The minimum atomic E-state index is -0.0176. The van der Waals surface area contributed by atoms with Gasteiger partial charge >= 0.3 is 5.91 Å². The van der Waals surface area contributed by atoms with Crippen LogP contribution in [-0.2, 0) is 13.6 Å². The van der Waals surface area contributed by atoms with E-state index in [1.165, 1.54) is 70.6 Å². The molecule has 3 aromatic rings. The van der Waals surface area contributed by atoms with Gasteiger partial charge in [-0.3, -0.25) is 9.69 Å². The fraction of sp³-hybridized carbons (Fsp3) is 0.486. The summed E-state index contributed by atoms with van der Waals surface area (Å²) < 4.78 is 7.94. The normalized spacial score (nSPS) is 10.9. The first-order valence-corrected chi connectivity index (χ1v) is 15.1. The predicted octanol–water partition coefficient (Wildman–Crippen LogP) is 8.75. The van der Waals surface area contributed by atoms with Gasteiger partial charge in [0.05, 0.1) is 13.2 Å². The van der Waals surface area contributed by atoms with E-state index in [-0.39, 0.29) is 5.91 Å². The summed E-state index contributed by atoms with van der Waals surface area (Å²) in [6.45, 7) is 5.64. The summed E-state index contributed by atoms with van der Waals surface area (Å²) in [5, 5.41) is 0. The van der Waals surface area contributed by atoms with Gasteiger partial charge in [-0.1, -0.05) is 102 Å². The highest BCUT2D eigenvalue weighted by molar-refractivity contribution is 6.03. The predicted molar refractivity (Wildman–Crippen MR) is 162 cm³/mol. The van der Waals surface area contributed by atoms with Crippen molar-refractivity contribution in [2.45, 2.75) is 97.4 Å². The van der Waals surface area contributed by atoms with E-state index in [2.05, 4.69) is 26.0 Å². The van der Waals surface area contributed by atoms with Gasteiger partial charge in [-0.25, -0.2) is 0 Å². The number of para-hydroxylation sites is 1. The Morgan fingerprint density at radius 3 is 2.00 bits per heavy atom. The van der Waals surface area contributed by atoms with Crippen molar-refractivity contribution in [1.29, 1.82) is 0 Å². The second-order valence-corrected chi connectivity index (χ2v) is 10.7. The summed E-state index contributed by atoms with van der Waals surface area (Å²) in [5.41, 5.74) is 3.79. The van der Waals surface area contributed by atoms with E-state index in [0.717, 1.165) is 35.6 Å². The number of amides is 1. The second-order valence-electron chi connectivity index (χ2n) is 10.7. The van der Waals surface area contributed by atoms with Gasteiger partial charge in [-0.2, -0.15) is 4.57 Å². The highest BCUT2D eigenvalue weighted by Gasteiger charge is 2.25. The highest BCUT2D eigenvalue weighted by Crippen LogP contribution is 2.24. The number of nitrogens with zero attached hydrogens (tertiary/aromatic N) is 2. The van der Waals surface area contributed by atoms with Gasteiger partial charge in [0.25, 0.3) is 5.69 Å². The standard InChI is InChI=1S/C35H49N2O2/c1-4-5-6-7-8-9-10-11-12-13-14-20-27-39-33-25-24-31(30(2)28-33)29-37(32-21-16-15-17-22-32)35(38)34-23-18-19-26-36(34)3/h15-19,21-26,28H,4-14,20,27,29H2,1-3H3/q+1. The first kappa shape index (κ1) is 30.4. The van der Waals surface area contributed by atoms with E-state index >= 15 is 0 Å². The molecule has 0 radical (unpaired) electrons. The summed E-state index contributed by atoms with van der Waals surface area (Å²) in [6.07, 6.45) is 18.0. The molecule has 0 saturated carbocycles. The Labute approximate surface area is 237 Å². The Morgan fingerprint density at radius 2 is 1.38 bits per heavy atom. The number of hydrogen-bond donors (Lipinski definition) is 0. The number of ether oxygens (including phenoxy) is 1. The van der Waals surface area contributed by atoms with Crippen molar-refractivity contribution in [3.63, 3.8) is 0 Å². The SMILES string of the molecule is CCCCCCCCCCCCCCOc1ccc(CN(C(=O)c2cccc[n+]2C)c2ccccc2)c(C)c1. The molecule has 0 N–H and O–H groups in total. The number of unbranched alkanes of at least 4 members (excludes halogenated alkanes) is 11. The van der Waals surface area contributed by atoms with Crippen LogP contribution >= 0.6 is 0 Å². The van der Waals surface area contributed by atoms with Gasteiger partial charge in [-0.05, 0) is 54.8 Å². The van der Waals surface area contributed by atoms with Gasteiger partial charge in [0, 0.05) is 17.8 Å². The Hall–Kier alpha value is -3.14. The zero-order valence-corrected chi connectivity index (χ0v) is 24.5. The monoisotopic (exact) mass is 529 g/mol. The lowest BCUT2D eigenvalue weighted by Gasteiger charge is -2.23. The molecule has 1 aromatic heterocycles. The number of aryl methyl sites for hydroxylation is 2. The van der Waals surface area contributed by atoms with Crippen molar-refractivity contribution in [3.05, 3.63) is 89.7 Å². The topological polar surface area (TPSA) is 33.4 Å². The molecule has 210 valence electrons. The number of benzene rings is 2. The van der Waals surface area contributed by atoms with E-state index in [1.54, 1.807) is 0 Å². The molecular formula is C35H49N2O2+. The number of aromatic nitrogens is 1. The van der Waals surface area contributed by atoms with Crippen LogP contribution in [0, 0.1) is 6.92 Å². The number of carbonyl (C=O) groups is 1. The third-order valence-electron chi connectivity index (χ3n) is 7.50. The molecule has 4 nitrogen and oxygen atoms in total. The molecule has 3 rings (SSSR count). The van der Waals surface area contributed by atoms with Gasteiger partial charge in [-0.15, -0.1) is 0 Å². The zero-order valence-electron chi connectivity index (χ0n) is 24.5. The fourth-order valence-corrected chi connectivity index (χ4v) is 5.01. The van der Waals surface area contributed by atoms with Crippen LogP contribution in [0.25, 0.3) is 0 Å². The molecule has 0 fully saturated rings. The van der Waals surface area contributed by atoms with E-state index in [9.17, 15) is 4.79 Å². The van der Waals surface area contributed by atoms with Crippen LogP contribution < -0.4 is 14.2 Å². The first-order chi connectivity index (χ1) is 19.1. The average Bonchev–Trinajstić information content (AvgIpc) is 2.95. The summed E-state index contributed by atoms with van der Waals surface area (Å²) >= 11 is 0. The molecule has 0 aliphatic rings. The lowest BCUT2D eigenvalue weighted by atomic mass is 10.1. The van der Waals surface area contributed by atoms with Crippen molar-refractivity contribution in [2.24, 2.45) is 7.05 Å². The van der Waals surface area contributed by atoms with Gasteiger partial charge in [0.1, 0.15) is 12.8 Å². The fourth-order valence-electron chi connectivity index (χ4n) is 5.01. The molecule has 0 saturated heterocycles. The maximum atomic E-state index is 13.6. The first-order valence-electron chi connectivity index (χ1n) is 15.1. The van der Waals surface area contributed by atoms with Crippen LogP contribution in [0.15, 0.2) is 72.9 Å². The molecule has 0 atom stereocenters. The smallest absolute Gasteiger partial charge is 0.323 e. The molecule has 0 aliphatic heterocycles. The summed E-state index contributed by atoms with van der Waals surface area (Å²) in [5.74, 6) is 0.891. The van der Waals surface area contributed by atoms with Crippen LogP contribution in [0.4, 0.5) is 5.69 Å². The molecule has 0 bridgehead atoms. The average molecular weight is 530 g/mol. The van der Waals surface area contributed by atoms with Crippen molar-refractivity contribution in [2.75, 3.05) is 11.5 Å². The molecule has 1 amide bonds. The Morgan fingerprint density at radius 1 is 0.769 bits per heavy atom. The molecule has 0 unspecified atom stereocenters. The maximum absolute atomic E-state index is 13.6. The number of pyridine rings is 1. The van der Waals surface area contributed by atoms with Gasteiger partial charge in [0.2, 0.25) is 0 Å². The number of hydrogen-bond acceptors (Lipinski definition) is 2. The van der Waals surface area contributed by atoms with Gasteiger partial charge in [0.15, 0.2) is 6.20 Å². The second kappa shape index (κ2) is 17.4. The molecule has 1 heterocycles. The summed E-state index contributed by atoms with van der Waals surface area (Å²) in [7, 11) is 1.91. The van der Waals surface area contributed by atoms with Crippen molar-refractivity contribution >= 4 is 11.6 Å². The third kappa shape index (κ3) is 10.5. The van der Waals surface area contributed by atoms with Crippen LogP contribution in [-0.4, -0.2) is 12.5 Å². The van der Waals surface area contributed by atoms with E-state index in [0.29, 0.717) is 12.2 Å². The van der Waals surface area contributed by atoms with E-state index < -0.39 is 0 Å². The van der Waals surface area contributed by atoms with Crippen LogP contribution in [0.1, 0.15) is 106 Å². The van der Waals surface area contributed by atoms with E-state index in [1.807, 2.05) is 77.3 Å². The number of carbonyl (C=O) groups excluding carboxylic acids is 1. The maximum Gasteiger partial charge on any atom is 0.323 e. The van der Waals surface area contributed by atoms with Crippen LogP contribution in [0.3, 0.4) is 0 Å². The molecule has 2 aromatic carbocycles. The van der Waals surface area contributed by atoms with Crippen molar-refractivity contribution < 1.29 is 14.1 Å².